The molecule has 0 heterocycles. The van der Waals surface area contributed by atoms with Crippen LogP contribution in [0.3, 0.4) is 0 Å². The van der Waals surface area contributed by atoms with Gasteiger partial charge in [0.15, 0.2) is 0 Å². The molecular weight excluding hydrogens is 248 g/mol. The first-order chi connectivity index (χ1) is 8.59. The molecule has 0 saturated heterocycles. The average molecular weight is 276 g/mol. The number of thioether (sulfide) groups is 1. The monoisotopic (exact) mass is 276 g/mol. The highest BCUT2D eigenvalue weighted by molar-refractivity contribution is 8.07. The van der Waals surface area contributed by atoms with Crippen molar-refractivity contribution < 1.29 is 0 Å². The molecule has 1 aromatic carbocycles. The lowest BCUT2D eigenvalue weighted by Crippen LogP contribution is -2.16. The zero-order valence-corrected chi connectivity index (χ0v) is 14.5. The summed E-state index contributed by atoms with van der Waals surface area (Å²) in [6, 6.07) is 7.07. The smallest absolute Gasteiger partial charge is 0.00991 e. The Morgan fingerprint density at radius 3 is 1.58 bits per heavy atom. The molecule has 106 valence electrons. The van der Waals surface area contributed by atoms with Crippen LogP contribution in [0.1, 0.15) is 65.2 Å². The lowest BCUT2D eigenvalue weighted by atomic mass is 9.79. The summed E-state index contributed by atoms with van der Waals surface area (Å²) in [7, 11) is 0. The zero-order valence-electron chi connectivity index (χ0n) is 13.7. The molecule has 0 aliphatic rings. The molecule has 0 aliphatic heterocycles. The molecule has 0 unspecified atom stereocenters. The first-order valence-electron chi connectivity index (χ1n) is 6.96. The van der Waals surface area contributed by atoms with Gasteiger partial charge in [0.2, 0.25) is 0 Å². The van der Waals surface area contributed by atoms with Gasteiger partial charge in [-0.3, -0.25) is 0 Å². The maximum atomic E-state index is 2.37. The SMILES string of the molecule is C/C=C(\SC)c1cc(C(C)(C)C)cc(C(C)(C)C)c1. The summed E-state index contributed by atoms with van der Waals surface area (Å²) in [5.74, 6) is 0. The molecule has 19 heavy (non-hydrogen) atoms. The third-order valence-electron chi connectivity index (χ3n) is 3.43. The minimum absolute atomic E-state index is 0.188. The molecule has 0 bridgehead atoms. The first kappa shape index (κ1) is 16.4. The van der Waals surface area contributed by atoms with Gasteiger partial charge in [-0.15, -0.1) is 11.8 Å². The molecule has 0 saturated carbocycles. The molecule has 0 aromatic heterocycles. The second-order valence-electron chi connectivity index (χ2n) is 7.16. The van der Waals surface area contributed by atoms with Crippen LogP contribution in [0.25, 0.3) is 4.91 Å². The molecule has 0 amide bonds. The van der Waals surface area contributed by atoms with Crippen LogP contribution in [0.5, 0.6) is 0 Å². The molecule has 1 heteroatoms. The van der Waals surface area contributed by atoms with Gasteiger partial charge in [0.25, 0.3) is 0 Å². The fourth-order valence-corrected chi connectivity index (χ4v) is 2.63. The molecule has 1 rings (SSSR count). The Morgan fingerprint density at radius 1 is 0.895 bits per heavy atom. The summed E-state index contributed by atoms with van der Waals surface area (Å²) in [5.41, 5.74) is 4.57. The van der Waals surface area contributed by atoms with E-state index in [9.17, 15) is 0 Å². The van der Waals surface area contributed by atoms with Gasteiger partial charge in [0, 0.05) is 4.91 Å². The van der Waals surface area contributed by atoms with Gasteiger partial charge < -0.3 is 0 Å². The third-order valence-corrected chi connectivity index (χ3v) is 4.34. The van der Waals surface area contributed by atoms with E-state index >= 15 is 0 Å². The summed E-state index contributed by atoms with van der Waals surface area (Å²) in [6.07, 6.45) is 4.36. The van der Waals surface area contributed by atoms with E-state index < -0.39 is 0 Å². The predicted octanol–water partition coefficient (Wildman–Crippen LogP) is 6.01. The van der Waals surface area contributed by atoms with E-state index in [4.69, 9.17) is 0 Å². The Labute approximate surface area is 123 Å². The number of benzene rings is 1. The normalized spacial score (nSPS) is 13.8. The lowest BCUT2D eigenvalue weighted by Gasteiger charge is -2.26. The summed E-state index contributed by atoms with van der Waals surface area (Å²) >= 11 is 1.82. The van der Waals surface area contributed by atoms with Crippen LogP contribution in [0.15, 0.2) is 24.3 Å². The van der Waals surface area contributed by atoms with Gasteiger partial charge in [-0.25, -0.2) is 0 Å². The number of rotatable bonds is 2. The zero-order chi connectivity index (χ0) is 14.8. The second-order valence-corrected chi connectivity index (χ2v) is 8.00. The highest BCUT2D eigenvalue weighted by Gasteiger charge is 2.21. The molecule has 0 radical (unpaired) electrons. The summed E-state index contributed by atoms with van der Waals surface area (Å²) in [5, 5.41) is 0. The van der Waals surface area contributed by atoms with E-state index in [1.54, 1.807) is 0 Å². The summed E-state index contributed by atoms with van der Waals surface area (Å²) in [4.78, 5) is 1.36. The molecule has 0 atom stereocenters. The van der Waals surface area contributed by atoms with Crippen molar-refractivity contribution in [2.24, 2.45) is 0 Å². The topological polar surface area (TPSA) is 0 Å². The van der Waals surface area contributed by atoms with Crippen molar-refractivity contribution in [3.63, 3.8) is 0 Å². The summed E-state index contributed by atoms with van der Waals surface area (Å²) < 4.78 is 0. The van der Waals surface area contributed by atoms with Crippen LogP contribution >= 0.6 is 11.8 Å². The van der Waals surface area contributed by atoms with E-state index in [-0.39, 0.29) is 10.8 Å². The Morgan fingerprint density at radius 2 is 1.32 bits per heavy atom. The van der Waals surface area contributed by atoms with E-state index in [0.29, 0.717) is 0 Å². The van der Waals surface area contributed by atoms with Crippen LogP contribution < -0.4 is 0 Å². The molecular formula is C18H28S. The van der Waals surface area contributed by atoms with Crippen molar-refractivity contribution in [3.8, 4) is 0 Å². The number of allylic oxidation sites excluding steroid dienone is 1. The molecule has 0 spiro atoms. The third kappa shape index (κ3) is 4.14. The lowest BCUT2D eigenvalue weighted by molar-refractivity contribution is 0.568. The highest BCUT2D eigenvalue weighted by Crippen LogP contribution is 2.34. The van der Waals surface area contributed by atoms with Crippen LogP contribution in [-0.2, 0) is 10.8 Å². The predicted molar refractivity (Wildman–Crippen MR) is 91.0 cm³/mol. The van der Waals surface area contributed by atoms with Gasteiger partial charge in [0.05, 0.1) is 0 Å². The maximum Gasteiger partial charge on any atom is 0.00991 e. The number of hydrogen-bond acceptors (Lipinski definition) is 1. The van der Waals surface area contributed by atoms with E-state index in [1.165, 1.54) is 21.6 Å². The molecule has 0 aliphatic carbocycles. The largest absolute Gasteiger partial charge is 0.129 e. The van der Waals surface area contributed by atoms with Crippen LogP contribution in [-0.4, -0.2) is 6.26 Å². The summed E-state index contributed by atoms with van der Waals surface area (Å²) in [6.45, 7) is 15.8. The van der Waals surface area contributed by atoms with Gasteiger partial charge in [-0.1, -0.05) is 65.8 Å². The van der Waals surface area contributed by atoms with Gasteiger partial charge in [0.1, 0.15) is 0 Å². The minimum atomic E-state index is 0.188. The quantitative estimate of drug-likeness (QED) is 0.638. The van der Waals surface area contributed by atoms with Crippen molar-refractivity contribution in [3.05, 3.63) is 41.0 Å². The van der Waals surface area contributed by atoms with Gasteiger partial charge >= 0.3 is 0 Å². The maximum absolute atomic E-state index is 2.37. The average Bonchev–Trinajstić information content (AvgIpc) is 2.28. The van der Waals surface area contributed by atoms with Crippen molar-refractivity contribution >= 4 is 16.7 Å². The first-order valence-corrected chi connectivity index (χ1v) is 8.19. The fourth-order valence-electron chi connectivity index (χ4n) is 2.04. The minimum Gasteiger partial charge on any atom is -0.129 e. The standard InChI is InChI=1S/C18H28S/c1-9-16(19-8)13-10-14(17(2,3)4)12-15(11-13)18(5,6)7/h9-12H,1-8H3/b16-9-. The van der Waals surface area contributed by atoms with Gasteiger partial charge in [-0.2, -0.15) is 0 Å². The Bertz CT molecular complexity index is 435. The molecule has 1 aromatic rings. The van der Waals surface area contributed by atoms with Crippen molar-refractivity contribution in [2.45, 2.75) is 59.3 Å². The Hall–Kier alpha value is -0.690. The number of hydrogen-bond donors (Lipinski definition) is 0. The van der Waals surface area contributed by atoms with E-state index in [0.717, 1.165) is 0 Å². The molecule has 0 N–H and O–H groups in total. The van der Waals surface area contributed by atoms with Crippen molar-refractivity contribution in [1.29, 1.82) is 0 Å². The molecule has 0 fully saturated rings. The second kappa shape index (κ2) is 5.75. The van der Waals surface area contributed by atoms with Crippen LogP contribution in [0, 0.1) is 0 Å². The van der Waals surface area contributed by atoms with Crippen LogP contribution in [0.4, 0.5) is 0 Å². The Balaban J connectivity index is 3.50. The van der Waals surface area contributed by atoms with Crippen molar-refractivity contribution in [1.82, 2.24) is 0 Å². The highest BCUT2D eigenvalue weighted by atomic mass is 32.2. The van der Waals surface area contributed by atoms with Crippen molar-refractivity contribution in [2.75, 3.05) is 6.26 Å². The van der Waals surface area contributed by atoms with Crippen LogP contribution in [0.2, 0.25) is 0 Å². The van der Waals surface area contributed by atoms with Gasteiger partial charge in [-0.05, 0) is 40.7 Å². The van der Waals surface area contributed by atoms with E-state index in [2.05, 4.69) is 79.0 Å². The Kier molecular flexibility index (Phi) is 4.95. The van der Waals surface area contributed by atoms with E-state index in [1.807, 2.05) is 11.8 Å². The fraction of sp³-hybridized carbons (Fsp3) is 0.556. The molecule has 0 nitrogen and oxygen atoms in total.